The van der Waals surface area contributed by atoms with Crippen molar-refractivity contribution < 1.29 is 0 Å². The van der Waals surface area contributed by atoms with Gasteiger partial charge in [0, 0.05) is 26.1 Å². The van der Waals surface area contributed by atoms with Gasteiger partial charge in [0.2, 0.25) is 0 Å². The summed E-state index contributed by atoms with van der Waals surface area (Å²) in [6, 6.07) is 0. The minimum Gasteiger partial charge on any atom is -0.347 e. The molecule has 0 saturated heterocycles. The number of nitrogens with one attached hydrogen (secondary N) is 4. The first-order chi connectivity index (χ1) is 8.93. The van der Waals surface area contributed by atoms with Gasteiger partial charge in [-0.15, -0.1) is 0 Å². The van der Waals surface area contributed by atoms with Gasteiger partial charge in [-0.05, 0) is 18.5 Å². The number of aromatic amines is 2. The molecule has 96 valence electrons. The van der Waals surface area contributed by atoms with E-state index in [-0.39, 0.29) is 0 Å². The Balaban J connectivity index is 0.000000111. The largest absolute Gasteiger partial charge is 0.347 e. The first-order valence-corrected chi connectivity index (χ1v) is 6.37. The Bertz CT molecular complexity index is 413. The molecule has 0 fully saturated rings. The van der Waals surface area contributed by atoms with Gasteiger partial charge in [0.15, 0.2) is 0 Å². The van der Waals surface area contributed by atoms with E-state index in [1.165, 1.54) is 22.6 Å². The number of aromatic nitrogens is 4. The van der Waals surface area contributed by atoms with Crippen LogP contribution in [-0.4, -0.2) is 33.3 Å². The van der Waals surface area contributed by atoms with Gasteiger partial charge in [-0.25, -0.2) is 4.98 Å². The Labute approximate surface area is 106 Å². The first-order valence-electron chi connectivity index (χ1n) is 6.37. The summed E-state index contributed by atoms with van der Waals surface area (Å²) in [7, 11) is 0. The fourth-order valence-corrected chi connectivity index (χ4v) is 2.28. The van der Waals surface area contributed by atoms with Crippen molar-refractivity contribution in [1.82, 2.24) is 30.8 Å². The van der Waals surface area contributed by atoms with Crippen LogP contribution in [0.15, 0.2) is 12.5 Å². The van der Waals surface area contributed by atoms with E-state index in [0.29, 0.717) is 0 Å². The molecule has 0 amide bonds. The van der Waals surface area contributed by atoms with Gasteiger partial charge in [0.1, 0.15) is 0 Å². The van der Waals surface area contributed by atoms with Gasteiger partial charge in [-0.2, -0.15) is 5.10 Å². The minimum atomic E-state index is 0.954. The monoisotopic (exact) mass is 246 g/mol. The molecule has 4 heterocycles. The molecule has 0 aromatic carbocycles. The Morgan fingerprint density at radius 3 is 2.67 bits per heavy atom. The lowest BCUT2D eigenvalue weighted by Gasteiger charge is -2.10. The van der Waals surface area contributed by atoms with Crippen molar-refractivity contribution in [3.63, 3.8) is 0 Å². The molecule has 0 saturated carbocycles. The van der Waals surface area contributed by atoms with Crippen LogP contribution in [0.4, 0.5) is 0 Å². The third kappa shape index (κ3) is 2.44. The summed E-state index contributed by atoms with van der Waals surface area (Å²) in [5.74, 6) is 0. The number of hydrogen-bond donors (Lipinski definition) is 4. The highest BCUT2D eigenvalue weighted by Crippen LogP contribution is 2.08. The zero-order valence-electron chi connectivity index (χ0n) is 10.3. The second-order valence-electron chi connectivity index (χ2n) is 4.56. The molecule has 2 aliphatic heterocycles. The molecule has 4 rings (SSSR count). The van der Waals surface area contributed by atoms with E-state index in [0.717, 1.165) is 39.0 Å². The topological polar surface area (TPSA) is 81.4 Å². The Kier molecular flexibility index (Phi) is 3.38. The number of fused-ring (bicyclic) bond motifs is 2. The van der Waals surface area contributed by atoms with Crippen molar-refractivity contribution >= 4 is 0 Å². The molecule has 0 aliphatic carbocycles. The van der Waals surface area contributed by atoms with E-state index in [2.05, 4.69) is 30.8 Å². The maximum atomic E-state index is 4.16. The normalized spacial score (nSPS) is 17.3. The molecule has 0 unspecified atom stereocenters. The maximum absolute atomic E-state index is 4.16. The zero-order chi connectivity index (χ0) is 12.2. The standard InChI is InChI=1S/2C6H9N3/c1-2-7-3-6-5(1)8-4-9-6;1-2-7-4-6-5(1)3-8-9-6/h4,7H,1-3H2,(H,8,9);3,7H,1-2,4H2,(H,8,9). The molecule has 6 heteroatoms. The highest BCUT2D eigenvalue weighted by molar-refractivity contribution is 5.18. The van der Waals surface area contributed by atoms with Gasteiger partial charge in [0.05, 0.1) is 29.6 Å². The van der Waals surface area contributed by atoms with Crippen LogP contribution in [0.5, 0.6) is 0 Å². The van der Waals surface area contributed by atoms with E-state index < -0.39 is 0 Å². The molecule has 6 nitrogen and oxygen atoms in total. The SMILES string of the molecule is c1n[nH]c2c1CCNC2.c1nc2c([nH]1)CNCC2. The number of H-pyrrole nitrogens is 2. The van der Waals surface area contributed by atoms with Crippen LogP contribution in [0.25, 0.3) is 0 Å². The molecular formula is C12H18N6. The average molecular weight is 246 g/mol. The minimum absolute atomic E-state index is 0.954. The summed E-state index contributed by atoms with van der Waals surface area (Å²) in [5.41, 5.74) is 5.10. The Hall–Kier alpha value is -1.66. The van der Waals surface area contributed by atoms with E-state index in [4.69, 9.17) is 0 Å². The molecule has 0 spiro atoms. The fourth-order valence-electron chi connectivity index (χ4n) is 2.28. The van der Waals surface area contributed by atoms with Crippen LogP contribution < -0.4 is 10.6 Å². The second-order valence-corrected chi connectivity index (χ2v) is 4.56. The molecule has 0 atom stereocenters. The predicted molar refractivity (Wildman–Crippen MR) is 68.0 cm³/mol. The van der Waals surface area contributed by atoms with E-state index >= 15 is 0 Å². The summed E-state index contributed by atoms with van der Waals surface area (Å²) in [6.07, 6.45) is 5.86. The van der Waals surface area contributed by atoms with Crippen molar-refractivity contribution in [3.05, 3.63) is 35.2 Å². The van der Waals surface area contributed by atoms with Crippen molar-refractivity contribution in [2.75, 3.05) is 13.1 Å². The van der Waals surface area contributed by atoms with Gasteiger partial charge >= 0.3 is 0 Å². The highest BCUT2D eigenvalue weighted by Gasteiger charge is 2.09. The lowest BCUT2D eigenvalue weighted by atomic mass is 10.1. The van der Waals surface area contributed by atoms with Crippen LogP contribution in [0.1, 0.15) is 22.6 Å². The number of rotatable bonds is 0. The van der Waals surface area contributed by atoms with Crippen molar-refractivity contribution in [1.29, 1.82) is 0 Å². The summed E-state index contributed by atoms with van der Waals surface area (Å²) in [5, 5.41) is 13.4. The lowest BCUT2D eigenvalue weighted by Crippen LogP contribution is -2.23. The van der Waals surface area contributed by atoms with Gasteiger partial charge in [-0.1, -0.05) is 0 Å². The first kappa shape index (κ1) is 11.4. The van der Waals surface area contributed by atoms with E-state index in [9.17, 15) is 0 Å². The number of hydrogen-bond acceptors (Lipinski definition) is 4. The molecule has 2 aromatic rings. The van der Waals surface area contributed by atoms with E-state index in [1.54, 1.807) is 6.33 Å². The summed E-state index contributed by atoms with van der Waals surface area (Å²) >= 11 is 0. The maximum Gasteiger partial charge on any atom is 0.0925 e. The Morgan fingerprint density at radius 2 is 1.83 bits per heavy atom. The zero-order valence-corrected chi connectivity index (χ0v) is 10.3. The number of nitrogens with zero attached hydrogens (tertiary/aromatic N) is 2. The Morgan fingerprint density at radius 1 is 1.00 bits per heavy atom. The van der Waals surface area contributed by atoms with Crippen LogP contribution in [0, 0.1) is 0 Å². The highest BCUT2D eigenvalue weighted by atomic mass is 15.1. The lowest BCUT2D eigenvalue weighted by molar-refractivity contribution is 0.627. The summed E-state index contributed by atoms with van der Waals surface area (Å²) in [6.45, 7) is 4.06. The van der Waals surface area contributed by atoms with Crippen LogP contribution in [-0.2, 0) is 25.9 Å². The summed E-state index contributed by atoms with van der Waals surface area (Å²) < 4.78 is 0. The molecule has 2 aliphatic rings. The molecule has 4 N–H and O–H groups in total. The summed E-state index contributed by atoms with van der Waals surface area (Å²) in [4.78, 5) is 7.25. The molecule has 0 bridgehead atoms. The van der Waals surface area contributed by atoms with Crippen molar-refractivity contribution in [2.45, 2.75) is 25.9 Å². The van der Waals surface area contributed by atoms with Gasteiger partial charge in [-0.3, -0.25) is 5.10 Å². The predicted octanol–water partition coefficient (Wildman–Crippen LogP) is 0.111. The second kappa shape index (κ2) is 5.32. The van der Waals surface area contributed by atoms with Crippen molar-refractivity contribution in [3.8, 4) is 0 Å². The number of imidazole rings is 1. The molecule has 18 heavy (non-hydrogen) atoms. The average Bonchev–Trinajstić information content (AvgIpc) is 3.08. The molecular weight excluding hydrogens is 228 g/mol. The van der Waals surface area contributed by atoms with Crippen LogP contribution in [0.3, 0.4) is 0 Å². The quantitative estimate of drug-likeness (QED) is 0.532. The van der Waals surface area contributed by atoms with Gasteiger partial charge < -0.3 is 15.6 Å². The van der Waals surface area contributed by atoms with Gasteiger partial charge in [0.25, 0.3) is 0 Å². The van der Waals surface area contributed by atoms with Crippen molar-refractivity contribution in [2.24, 2.45) is 0 Å². The van der Waals surface area contributed by atoms with Crippen LogP contribution >= 0.6 is 0 Å². The smallest absolute Gasteiger partial charge is 0.0925 e. The third-order valence-electron chi connectivity index (χ3n) is 3.33. The molecule has 0 radical (unpaired) electrons. The fraction of sp³-hybridized carbons (Fsp3) is 0.500. The molecule has 2 aromatic heterocycles. The third-order valence-corrected chi connectivity index (χ3v) is 3.33. The van der Waals surface area contributed by atoms with Crippen LogP contribution in [0.2, 0.25) is 0 Å². The van der Waals surface area contributed by atoms with E-state index in [1.807, 2.05) is 6.20 Å².